The largest absolute Gasteiger partial charge is 0.464 e. The van der Waals surface area contributed by atoms with Crippen LogP contribution in [0.5, 0.6) is 0 Å². The van der Waals surface area contributed by atoms with Crippen LogP contribution >= 0.6 is 0 Å². The number of hydrogen-bond acceptors (Lipinski definition) is 5. The van der Waals surface area contributed by atoms with E-state index in [1.165, 1.54) is 0 Å². The van der Waals surface area contributed by atoms with Crippen LogP contribution in [0.15, 0.2) is 41.0 Å². The number of aromatic nitrogens is 2. The Morgan fingerprint density at radius 2 is 2.11 bits per heavy atom. The summed E-state index contributed by atoms with van der Waals surface area (Å²) < 4.78 is 5.43. The minimum absolute atomic E-state index is 0.00707. The SMILES string of the molecule is CN1CCN(CCCC(=O)Nc2n[nH]c3cc(-c4ccco4)ccc23)CC1. The Hall–Kier alpha value is -2.64. The number of nitrogens with one attached hydrogen (secondary N) is 2. The number of aromatic amines is 1. The third kappa shape index (κ3) is 4.20. The van der Waals surface area contributed by atoms with E-state index in [0.29, 0.717) is 12.2 Å². The Balaban J connectivity index is 1.32. The van der Waals surface area contributed by atoms with Crippen LogP contribution in [0.25, 0.3) is 22.2 Å². The smallest absolute Gasteiger partial charge is 0.225 e. The number of piperazine rings is 1. The molecule has 142 valence electrons. The molecule has 0 saturated carbocycles. The van der Waals surface area contributed by atoms with Crippen molar-refractivity contribution in [3.05, 3.63) is 36.6 Å². The van der Waals surface area contributed by atoms with Crippen LogP contribution < -0.4 is 5.32 Å². The summed E-state index contributed by atoms with van der Waals surface area (Å²) in [6, 6.07) is 9.68. The van der Waals surface area contributed by atoms with Gasteiger partial charge in [0.05, 0.1) is 11.8 Å². The molecule has 3 heterocycles. The zero-order chi connectivity index (χ0) is 18.6. The van der Waals surface area contributed by atoms with Gasteiger partial charge in [0.15, 0.2) is 5.82 Å². The van der Waals surface area contributed by atoms with Crippen molar-refractivity contribution >= 4 is 22.6 Å². The lowest BCUT2D eigenvalue weighted by Crippen LogP contribution is -2.44. The van der Waals surface area contributed by atoms with Crippen LogP contribution in [-0.4, -0.2) is 65.7 Å². The third-order valence-electron chi connectivity index (χ3n) is 5.10. The van der Waals surface area contributed by atoms with E-state index in [4.69, 9.17) is 4.42 Å². The van der Waals surface area contributed by atoms with Crippen LogP contribution in [0.3, 0.4) is 0 Å². The van der Waals surface area contributed by atoms with E-state index in [1.54, 1.807) is 6.26 Å². The summed E-state index contributed by atoms with van der Waals surface area (Å²) >= 11 is 0. The average Bonchev–Trinajstić information content (AvgIpc) is 3.33. The molecule has 27 heavy (non-hydrogen) atoms. The first-order chi connectivity index (χ1) is 13.2. The Morgan fingerprint density at radius 3 is 2.89 bits per heavy atom. The number of nitrogens with zero attached hydrogens (tertiary/aromatic N) is 3. The van der Waals surface area contributed by atoms with E-state index >= 15 is 0 Å². The van der Waals surface area contributed by atoms with Gasteiger partial charge in [-0.1, -0.05) is 6.07 Å². The van der Waals surface area contributed by atoms with Crippen molar-refractivity contribution in [3.8, 4) is 11.3 Å². The summed E-state index contributed by atoms with van der Waals surface area (Å²) in [6.45, 7) is 5.34. The Bertz CT molecular complexity index is 894. The molecule has 2 N–H and O–H groups in total. The summed E-state index contributed by atoms with van der Waals surface area (Å²) in [4.78, 5) is 17.1. The zero-order valence-electron chi connectivity index (χ0n) is 15.6. The van der Waals surface area contributed by atoms with E-state index in [2.05, 4.69) is 32.4 Å². The molecule has 7 nitrogen and oxygen atoms in total. The fraction of sp³-hybridized carbons (Fsp3) is 0.400. The topological polar surface area (TPSA) is 77.4 Å². The maximum atomic E-state index is 12.3. The zero-order valence-corrected chi connectivity index (χ0v) is 15.6. The number of benzene rings is 1. The molecule has 1 saturated heterocycles. The molecule has 0 bridgehead atoms. The highest BCUT2D eigenvalue weighted by atomic mass is 16.3. The normalized spacial score (nSPS) is 16.0. The van der Waals surface area contributed by atoms with Crippen LogP contribution in [0.1, 0.15) is 12.8 Å². The third-order valence-corrected chi connectivity index (χ3v) is 5.10. The van der Waals surface area contributed by atoms with Gasteiger partial charge in [0.1, 0.15) is 5.76 Å². The van der Waals surface area contributed by atoms with Gasteiger partial charge >= 0.3 is 0 Å². The monoisotopic (exact) mass is 367 g/mol. The quantitative estimate of drug-likeness (QED) is 0.701. The number of fused-ring (bicyclic) bond motifs is 1. The first-order valence-corrected chi connectivity index (χ1v) is 9.42. The molecule has 1 aromatic carbocycles. The molecule has 0 unspecified atom stereocenters. The maximum absolute atomic E-state index is 12.3. The number of rotatable bonds is 6. The van der Waals surface area contributed by atoms with Crippen molar-refractivity contribution in [2.45, 2.75) is 12.8 Å². The van der Waals surface area contributed by atoms with Gasteiger partial charge in [-0.05, 0) is 44.3 Å². The molecule has 0 radical (unpaired) electrons. The van der Waals surface area contributed by atoms with E-state index in [-0.39, 0.29) is 5.91 Å². The Kier molecular flexibility index (Phi) is 5.22. The van der Waals surface area contributed by atoms with Crippen LogP contribution in [0.4, 0.5) is 5.82 Å². The molecular weight excluding hydrogens is 342 g/mol. The molecule has 0 spiro atoms. The van der Waals surface area contributed by atoms with Crippen molar-refractivity contribution in [1.29, 1.82) is 0 Å². The molecule has 2 aromatic heterocycles. The number of likely N-dealkylation sites (N-methyl/N-ethyl adjacent to an activating group) is 1. The molecule has 3 aromatic rings. The lowest BCUT2D eigenvalue weighted by atomic mass is 10.1. The fourth-order valence-corrected chi connectivity index (χ4v) is 3.44. The second-order valence-corrected chi connectivity index (χ2v) is 7.11. The first kappa shape index (κ1) is 17.8. The van der Waals surface area contributed by atoms with Gasteiger partial charge < -0.3 is 19.5 Å². The van der Waals surface area contributed by atoms with Gasteiger partial charge in [0.25, 0.3) is 0 Å². The predicted octanol–water partition coefficient (Wildman–Crippen LogP) is 2.79. The molecule has 1 aliphatic heterocycles. The van der Waals surface area contributed by atoms with Crippen LogP contribution in [0.2, 0.25) is 0 Å². The van der Waals surface area contributed by atoms with Crippen molar-refractivity contribution in [2.75, 3.05) is 45.1 Å². The molecule has 0 atom stereocenters. The molecule has 0 aliphatic carbocycles. The van der Waals surface area contributed by atoms with Gasteiger partial charge in [0, 0.05) is 43.5 Å². The lowest BCUT2D eigenvalue weighted by Gasteiger charge is -2.32. The van der Waals surface area contributed by atoms with Crippen molar-refractivity contribution in [1.82, 2.24) is 20.0 Å². The highest BCUT2D eigenvalue weighted by Gasteiger charge is 2.15. The summed E-state index contributed by atoms with van der Waals surface area (Å²) in [5.41, 5.74) is 1.85. The number of carbonyl (C=O) groups is 1. The van der Waals surface area contributed by atoms with Gasteiger partial charge in [-0.25, -0.2) is 0 Å². The highest BCUT2D eigenvalue weighted by molar-refractivity contribution is 6.00. The van der Waals surface area contributed by atoms with Crippen molar-refractivity contribution in [2.24, 2.45) is 0 Å². The average molecular weight is 367 g/mol. The number of anilines is 1. The van der Waals surface area contributed by atoms with Gasteiger partial charge in [-0.15, -0.1) is 0 Å². The summed E-state index contributed by atoms with van der Waals surface area (Å²) in [5, 5.41) is 11.1. The highest BCUT2D eigenvalue weighted by Crippen LogP contribution is 2.27. The molecule has 7 heteroatoms. The Labute approximate surface area is 158 Å². The molecule has 1 fully saturated rings. The minimum atomic E-state index is 0.00707. The molecule has 1 aliphatic rings. The van der Waals surface area contributed by atoms with E-state index in [1.807, 2.05) is 30.3 Å². The number of amides is 1. The number of H-pyrrole nitrogens is 1. The fourth-order valence-electron chi connectivity index (χ4n) is 3.44. The van der Waals surface area contributed by atoms with Crippen molar-refractivity contribution < 1.29 is 9.21 Å². The van der Waals surface area contributed by atoms with E-state index in [0.717, 1.165) is 61.4 Å². The number of hydrogen-bond donors (Lipinski definition) is 2. The lowest BCUT2D eigenvalue weighted by molar-refractivity contribution is -0.116. The summed E-state index contributed by atoms with van der Waals surface area (Å²) in [6.07, 6.45) is 3.02. The van der Waals surface area contributed by atoms with Gasteiger partial charge in [0.2, 0.25) is 5.91 Å². The second kappa shape index (κ2) is 7.94. The predicted molar refractivity (Wildman–Crippen MR) is 106 cm³/mol. The standard InChI is InChI=1S/C20H25N5O2/c1-24-9-11-25(12-10-24)8-2-5-19(26)21-20-16-7-6-15(14-17(16)22-23-20)18-4-3-13-27-18/h3-4,6-7,13-14H,2,5,8-12H2,1H3,(H2,21,22,23,26). The number of furan rings is 1. The van der Waals surface area contributed by atoms with E-state index in [9.17, 15) is 4.79 Å². The van der Waals surface area contributed by atoms with Gasteiger partial charge in [-0.2, -0.15) is 5.10 Å². The van der Waals surface area contributed by atoms with Crippen molar-refractivity contribution in [3.63, 3.8) is 0 Å². The molecule has 1 amide bonds. The minimum Gasteiger partial charge on any atom is -0.464 e. The van der Waals surface area contributed by atoms with Crippen LogP contribution in [-0.2, 0) is 4.79 Å². The second-order valence-electron chi connectivity index (χ2n) is 7.11. The Morgan fingerprint density at radius 1 is 1.26 bits per heavy atom. The first-order valence-electron chi connectivity index (χ1n) is 9.42. The summed E-state index contributed by atoms with van der Waals surface area (Å²) in [7, 11) is 2.15. The summed E-state index contributed by atoms with van der Waals surface area (Å²) in [5.74, 6) is 1.40. The number of carbonyl (C=O) groups excluding carboxylic acids is 1. The van der Waals surface area contributed by atoms with Gasteiger partial charge in [-0.3, -0.25) is 9.89 Å². The molecular formula is C20H25N5O2. The molecule has 4 rings (SSSR count). The van der Waals surface area contributed by atoms with E-state index < -0.39 is 0 Å². The van der Waals surface area contributed by atoms with Crippen LogP contribution in [0, 0.1) is 0 Å². The maximum Gasteiger partial charge on any atom is 0.225 e.